The largest absolute Gasteiger partial charge is 0.497 e. The molecule has 0 atom stereocenters. The van der Waals surface area contributed by atoms with E-state index in [9.17, 15) is 9.59 Å². The van der Waals surface area contributed by atoms with Crippen molar-refractivity contribution in [3.05, 3.63) is 23.8 Å². The van der Waals surface area contributed by atoms with Gasteiger partial charge in [0.15, 0.2) is 0 Å². The highest BCUT2D eigenvalue weighted by Gasteiger charge is 2.19. The van der Waals surface area contributed by atoms with Crippen molar-refractivity contribution in [3.8, 4) is 5.75 Å². The molecule has 0 saturated carbocycles. The van der Waals surface area contributed by atoms with Crippen LogP contribution >= 0.6 is 11.8 Å². The van der Waals surface area contributed by atoms with Gasteiger partial charge in [-0.1, -0.05) is 0 Å². The maximum Gasteiger partial charge on any atom is 0.337 e. The van der Waals surface area contributed by atoms with Crippen molar-refractivity contribution in [3.63, 3.8) is 0 Å². The summed E-state index contributed by atoms with van der Waals surface area (Å²) in [5.74, 6) is 1.21. The van der Waals surface area contributed by atoms with Gasteiger partial charge < -0.3 is 20.1 Å². The summed E-state index contributed by atoms with van der Waals surface area (Å²) in [5.41, 5.74) is 0.297. The topological polar surface area (TPSA) is 78.9 Å². The van der Waals surface area contributed by atoms with E-state index in [0.29, 0.717) is 18.8 Å². The number of nitrogens with one attached hydrogen (secondary N) is 1. The summed E-state index contributed by atoms with van der Waals surface area (Å²) in [5, 5.41) is 11.8. The van der Waals surface area contributed by atoms with Crippen LogP contribution in [0.15, 0.2) is 18.2 Å². The zero-order valence-corrected chi connectivity index (χ0v) is 11.9. The molecule has 20 heavy (non-hydrogen) atoms. The molecule has 1 heterocycles. The molecule has 0 spiro atoms. The fourth-order valence-corrected chi connectivity index (χ4v) is 2.80. The Morgan fingerprint density at radius 2 is 2.05 bits per heavy atom. The Bertz CT molecular complexity index is 515. The lowest BCUT2D eigenvalue weighted by atomic mass is 10.1. The minimum atomic E-state index is -1.09. The number of aromatic carboxylic acids is 1. The van der Waals surface area contributed by atoms with Crippen LogP contribution in [0.4, 0.5) is 10.5 Å². The van der Waals surface area contributed by atoms with Crippen LogP contribution in [-0.2, 0) is 0 Å². The molecule has 7 heteroatoms. The number of carboxylic acids is 1. The molecule has 0 aliphatic carbocycles. The van der Waals surface area contributed by atoms with E-state index in [0.717, 1.165) is 11.5 Å². The highest BCUT2D eigenvalue weighted by Crippen LogP contribution is 2.23. The monoisotopic (exact) mass is 296 g/mol. The Kier molecular flexibility index (Phi) is 4.73. The number of hydrogen-bond acceptors (Lipinski definition) is 4. The summed E-state index contributed by atoms with van der Waals surface area (Å²) < 4.78 is 5.06. The Morgan fingerprint density at radius 1 is 1.35 bits per heavy atom. The maximum absolute atomic E-state index is 12.1. The van der Waals surface area contributed by atoms with Crippen LogP contribution in [0.2, 0.25) is 0 Å². The summed E-state index contributed by atoms with van der Waals surface area (Å²) in [4.78, 5) is 25.0. The summed E-state index contributed by atoms with van der Waals surface area (Å²) in [6.45, 7) is 1.34. The molecule has 1 aliphatic rings. The predicted molar refractivity (Wildman–Crippen MR) is 77.9 cm³/mol. The van der Waals surface area contributed by atoms with Gasteiger partial charge in [0.2, 0.25) is 0 Å². The van der Waals surface area contributed by atoms with E-state index in [1.807, 2.05) is 0 Å². The molecule has 1 aliphatic heterocycles. The standard InChI is InChI=1S/C13H16N2O4S/c1-19-9-2-3-10(12(16)17)11(8-9)14-13(18)15-4-6-20-7-5-15/h2-3,8H,4-7H2,1H3,(H,14,18)(H,16,17). The molecule has 108 valence electrons. The van der Waals surface area contributed by atoms with Crippen LogP contribution in [0.5, 0.6) is 5.75 Å². The quantitative estimate of drug-likeness (QED) is 0.891. The van der Waals surface area contributed by atoms with Gasteiger partial charge in [0, 0.05) is 30.7 Å². The minimum absolute atomic E-state index is 0.0468. The summed E-state index contributed by atoms with van der Waals surface area (Å²) in [7, 11) is 1.49. The van der Waals surface area contributed by atoms with Gasteiger partial charge in [-0.05, 0) is 12.1 Å². The fourth-order valence-electron chi connectivity index (χ4n) is 1.90. The zero-order valence-electron chi connectivity index (χ0n) is 11.1. The van der Waals surface area contributed by atoms with Gasteiger partial charge in [-0.25, -0.2) is 9.59 Å². The van der Waals surface area contributed by atoms with Crippen molar-refractivity contribution in [1.82, 2.24) is 4.90 Å². The molecule has 6 nitrogen and oxygen atoms in total. The summed E-state index contributed by atoms with van der Waals surface area (Å²) in [6.07, 6.45) is 0. The molecule has 0 bridgehead atoms. The second-order valence-corrected chi connectivity index (χ2v) is 5.47. The maximum atomic E-state index is 12.1. The first-order chi connectivity index (χ1) is 9.61. The van der Waals surface area contributed by atoms with E-state index >= 15 is 0 Å². The Labute approximate surface area is 121 Å². The van der Waals surface area contributed by atoms with Gasteiger partial charge in [0.1, 0.15) is 5.75 Å². The average molecular weight is 296 g/mol. The van der Waals surface area contributed by atoms with Crippen molar-refractivity contribution in [2.24, 2.45) is 0 Å². The smallest absolute Gasteiger partial charge is 0.337 e. The van der Waals surface area contributed by atoms with Gasteiger partial charge in [-0.3, -0.25) is 0 Å². The molecule has 1 saturated heterocycles. The van der Waals surface area contributed by atoms with E-state index < -0.39 is 5.97 Å². The van der Waals surface area contributed by atoms with Gasteiger partial charge in [-0.2, -0.15) is 11.8 Å². The molecule has 1 fully saturated rings. The van der Waals surface area contributed by atoms with Crippen LogP contribution in [0.25, 0.3) is 0 Å². The van der Waals surface area contributed by atoms with Crippen molar-refractivity contribution >= 4 is 29.4 Å². The van der Waals surface area contributed by atoms with Crippen molar-refractivity contribution in [2.75, 3.05) is 37.0 Å². The number of nitrogens with zero attached hydrogens (tertiary/aromatic N) is 1. The number of carboxylic acid groups (broad SMARTS) is 1. The fraction of sp³-hybridized carbons (Fsp3) is 0.385. The molecular weight excluding hydrogens is 280 g/mol. The Balaban J connectivity index is 2.17. The highest BCUT2D eigenvalue weighted by molar-refractivity contribution is 7.99. The number of hydrogen-bond donors (Lipinski definition) is 2. The Hall–Kier alpha value is -1.89. The van der Waals surface area contributed by atoms with Crippen LogP contribution in [-0.4, -0.2) is 53.7 Å². The lowest BCUT2D eigenvalue weighted by Gasteiger charge is -2.26. The van der Waals surface area contributed by atoms with E-state index in [2.05, 4.69) is 5.32 Å². The number of ether oxygens (including phenoxy) is 1. The van der Waals surface area contributed by atoms with Crippen LogP contribution in [0, 0.1) is 0 Å². The number of urea groups is 1. The van der Waals surface area contributed by atoms with Gasteiger partial charge >= 0.3 is 12.0 Å². The van der Waals surface area contributed by atoms with E-state index in [-0.39, 0.29) is 17.3 Å². The van der Waals surface area contributed by atoms with E-state index in [1.54, 1.807) is 22.7 Å². The summed E-state index contributed by atoms with van der Waals surface area (Å²) >= 11 is 1.80. The number of methoxy groups -OCH3 is 1. The van der Waals surface area contributed by atoms with Crippen molar-refractivity contribution in [2.45, 2.75) is 0 Å². The number of amides is 2. The molecule has 0 radical (unpaired) electrons. The Morgan fingerprint density at radius 3 is 2.65 bits per heavy atom. The van der Waals surface area contributed by atoms with Gasteiger partial charge in [0.25, 0.3) is 0 Å². The van der Waals surface area contributed by atoms with Crippen LogP contribution < -0.4 is 10.1 Å². The third-order valence-corrected chi connectivity index (χ3v) is 3.94. The van der Waals surface area contributed by atoms with Crippen molar-refractivity contribution in [1.29, 1.82) is 0 Å². The molecule has 2 rings (SSSR count). The number of carbonyl (C=O) groups excluding carboxylic acids is 1. The van der Waals surface area contributed by atoms with E-state index in [4.69, 9.17) is 9.84 Å². The molecule has 1 aromatic rings. The third-order valence-electron chi connectivity index (χ3n) is 3.00. The van der Waals surface area contributed by atoms with E-state index in [1.165, 1.54) is 19.2 Å². The number of rotatable bonds is 3. The molecule has 1 aromatic carbocycles. The lowest BCUT2D eigenvalue weighted by molar-refractivity contribution is 0.0698. The number of thioether (sulfide) groups is 1. The normalized spacial score (nSPS) is 14.8. The number of benzene rings is 1. The van der Waals surface area contributed by atoms with Gasteiger partial charge in [0.05, 0.1) is 18.4 Å². The second-order valence-electron chi connectivity index (χ2n) is 4.25. The molecular formula is C13H16N2O4S. The molecule has 2 N–H and O–H groups in total. The molecule has 2 amide bonds. The second kappa shape index (κ2) is 6.51. The summed E-state index contributed by atoms with van der Waals surface area (Å²) in [6, 6.07) is 4.21. The van der Waals surface area contributed by atoms with Crippen LogP contribution in [0.1, 0.15) is 10.4 Å². The third kappa shape index (κ3) is 3.36. The average Bonchev–Trinajstić information content (AvgIpc) is 2.47. The first-order valence-corrected chi connectivity index (χ1v) is 7.32. The first kappa shape index (κ1) is 14.5. The van der Waals surface area contributed by atoms with Crippen molar-refractivity contribution < 1.29 is 19.4 Å². The predicted octanol–water partition coefficient (Wildman–Crippen LogP) is 1.97. The first-order valence-electron chi connectivity index (χ1n) is 6.17. The number of carbonyl (C=O) groups is 2. The zero-order chi connectivity index (χ0) is 14.5. The highest BCUT2D eigenvalue weighted by atomic mass is 32.2. The lowest BCUT2D eigenvalue weighted by Crippen LogP contribution is -2.40. The minimum Gasteiger partial charge on any atom is -0.497 e. The SMILES string of the molecule is COc1ccc(C(=O)O)c(NC(=O)N2CCSCC2)c1. The van der Waals surface area contributed by atoms with Gasteiger partial charge in [-0.15, -0.1) is 0 Å². The molecule has 0 aromatic heterocycles. The molecule has 0 unspecified atom stereocenters. The number of anilines is 1. The van der Waals surface area contributed by atoms with Crippen LogP contribution in [0.3, 0.4) is 0 Å².